The lowest BCUT2D eigenvalue weighted by Gasteiger charge is -2.33. The number of hydrogen-bond acceptors (Lipinski definition) is 8. The second-order valence-corrected chi connectivity index (χ2v) is 14.8. The molecule has 3 aliphatic heterocycles. The first kappa shape index (κ1) is 32.7. The van der Waals surface area contributed by atoms with E-state index in [0.29, 0.717) is 54.7 Å². The molecule has 10 nitrogen and oxygen atoms in total. The Morgan fingerprint density at radius 2 is 1.88 bits per heavy atom. The van der Waals surface area contributed by atoms with Crippen LogP contribution < -0.4 is 9.47 Å². The van der Waals surface area contributed by atoms with Crippen molar-refractivity contribution in [2.75, 3.05) is 33.0 Å². The van der Waals surface area contributed by atoms with Gasteiger partial charge in [-0.2, -0.15) is 10.2 Å². The van der Waals surface area contributed by atoms with Gasteiger partial charge in [0.05, 0.1) is 54.5 Å². The highest BCUT2D eigenvalue weighted by Gasteiger charge is 2.43. The number of ether oxygens (including phenoxy) is 3. The van der Waals surface area contributed by atoms with Gasteiger partial charge in [-0.15, -0.1) is 11.3 Å². The molecule has 0 unspecified atom stereocenters. The van der Waals surface area contributed by atoms with Crippen LogP contribution in [0.15, 0.2) is 60.6 Å². The van der Waals surface area contributed by atoms with Crippen LogP contribution in [-0.2, 0) is 23.1 Å². The minimum absolute atomic E-state index is 0.000430. The molecule has 4 aromatic heterocycles. The zero-order valence-corrected chi connectivity index (χ0v) is 29.6. The number of benzene rings is 2. The van der Waals surface area contributed by atoms with Gasteiger partial charge in [-0.05, 0) is 55.8 Å². The Hall–Kier alpha value is -5.14. The second kappa shape index (κ2) is 12.5. The summed E-state index contributed by atoms with van der Waals surface area (Å²) < 4.78 is 54.5. The lowest BCUT2D eigenvalue weighted by atomic mass is 9.95. The van der Waals surface area contributed by atoms with E-state index in [1.165, 1.54) is 23.5 Å². The van der Waals surface area contributed by atoms with Crippen molar-refractivity contribution in [2.45, 2.75) is 38.8 Å². The Morgan fingerprint density at radius 1 is 1.02 bits per heavy atom. The molecule has 266 valence electrons. The number of halogens is 2. The fraction of sp³-hybridized carbons (Fsp3) is 0.333. The molecule has 1 fully saturated rings. The smallest absolute Gasteiger partial charge is 0.246 e. The Morgan fingerprint density at radius 3 is 2.71 bits per heavy atom. The molecular weight excluding hydrogens is 687 g/mol. The Bertz CT molecular complexity index is 2410. The summed E-state index contributed by atoms with van der Waals surface area (Å²) in [6.45, 7) is 7.92. The first-order valence-electron chi connectivity index (χ1n) is 17.4. The number of aryl methyl sites for hydroxylation is 1. The number of nitrogens with zero attached hydrogens (tertiary/aromatic N) is 6. The molecule has 52 heavy (non-hydrogen) atoms. The summed E-state index contributed by atoms with van der Waals surface area (Å²) in [5.74, 6) is -0.986. The van der Waals surface area contributed by atoms with E-state index in [4.69, 9.17) is 24.3 Å². The third-order valence-electron chi connectivity index (χ3n) is 10.7. The summed E-state index contributed by atoms with van der Waals surface area (Å²) in [5, 5.41) is 13.2. The van der Waals surface area contributed by atoms with Gasteiger partial charge in [0.2, 0.25) is 5.91 Å². The predicted octanol–water partition coefficient (Wildman–Crippen LogP) is 7.71. The van der Waals surface area contributed by atoms with Crippen LogP contribution in [0.3, 0.4) is 0 Å². The fourth-order valence-corrected chi connectivity index (χ4v) is 8.50. The number of carbonyl (C=O) groups excluding carboxylic acids is 1. The molecule has 0 saturated heterocycles. The van der Waals surface area contributed by atoms with Crippen LogP contribution in [0.4, 0.5) is 8.78 Å². The van der Waals surface area contributed by atoms with Gasteiger partial charge >= 0.3 is 0 Å². The zero-order valence-electron chi connectivity index (χ0n) is 28.8. The van der Waals surface area contributed by atoms with Crippen molar-refractivity contribution in [1.29, 1.82) is 0 Å². The number of aromatic nitrogens is 5. The van der Waals surface area contributed by atoms with Gasteiger partial charge in [0, 0.05) is 70.4 Å². The molecule has 1 spiro atoms. The van der Waals surface area contributed by atoms with E-state index in [0.717, 1.165) is 57.6 Å². The first-order valence-corrected chi connectivity index (χ1v) is 18.3. The van der Waals surface area contributed by atoms with E-state index in [-0.39, 0.29) is 41.9 Å². The molecule has 0 N–H and O–H groups in total. The Labute approximate surface area is 302 Å². The van der Waals surface area contributed by atoms with Crippen molar-refractivity contribution < 1.29 is 27.8 Å². The zero-order chi connectivity index (χ0) is 35.7. The number of carbonyl (C=O) groups is 1. The first-order chi connectivity index (χ1) is 25.2. The van der Waals surface area contributed by atoms with Gasteiger partial charge in [0.25, 0.3) is 0 Å². The van der Waals surface area contributed by atoms with Gasteiger partial charge in [-0.3, -0.25) is 14.2 Å². The monoisotopic (exact) mass is 722 g/mol. The minimum atomic E-state index is -0.782. The highest BCUT2D eigenvalue weighted by Crippen LogP contribution is 2.51. The van der Waals surface area contributed by atoms with Gasteiger partial charge in [0.1, 0.15) is 41.1 Å². The third kappa shape index (κ3) is 5.45. The van der Waals surface area contributed by atoms with Crippen molar-refractivity contribution in [2.24, 2.45) is 12.5 Å². The highest BCUT2D eigenvalue weighted by atomic mass is 32.1. The number of thiophene rings is 1. The number of fused-ring (bicyclic) bond motifs is 9. The quantitative estimate of drug-likeness (QED) is 0.169. The van der Waals surface area contributed by atoms with Crippen molar-refractivity contribution >= 4 is 38.2 Å². The van der Waals surface area contributed by atoms with Crippen LogP contribution in [0.2, 0.25) is 0 Å². The number of amides is 1. The van der Waals surface area contributed by atoms with E-state index in [9.17, 15) is 9.18 Å². The summed E-state index contributed by atoms with van der Waals surface area (Å²) in [5.41, 5.74) is 4.54. The summed E-state index contributed by atoms with van der Waals surface area (Å²) in [6.07, 6.45) is 6.02. The molecule has 4 aliphatic rings. The predicted molar refractivity (Wildman–Crippen MR) is 194 cm³/mol. The van der Waals surface area contributed by atoms with Crippen molar-refractivity contribution in [3.05, 3.63) is 78.0 Å². The summed E-state index contributed by atoms with van der Waals surface area (Å²) in [6, 6.07) is 9.71. The molecule has 1 aliphatic carbocycles. The van der Waals surface area contributed by atoms with Crippen molar-refractivity contribution in [3.8, 4) is 45.3 Å². The average molecular weight is 723 g/mol. The van der Waals surface area contributed by atoms with E-state index in [1.807, 2.05) is 59.2 Å². The summed E-state index contributed by atoms with van der Waals surface area (Å²) in [7, 11) is 1.90. The maximum Gasteiger partial charge on any atom is 0.246 e. The number of pyridine rings is 1. The molecule has 1 amide bonds. The molecule has 10 rings (SSSR count). The van der Waals surface area contributed by atoms with Gasteiger partial charge in [-0.25, -0.2) is 13.8 Å². The van der Waals surface area contributed by atoms with Crippen LogP contribution in [0.25, 0.3) is 54.8 Å². The van der Waals surface area contributed by atoms with Crippen LogP contribution in [0.1, 0.15) is 37.9 Å². The fourth-order valence-electron chi connectivity index (χ4n) is 7.55. The molecular formula is C39H36F2N6O4S. The maximum absolute atomic E-state index is 16.4. The SMILES string of the molecule is C=CC(=O)N1CCn2nc(-c3nc4c5ccsc5c3-c3c(F)cc(F)cc3OCCOCCC3(CC3)COc3cc5c(cnn5C)cc3-4)cc2[C@@H]1C. The average Bonchev–Trinajstić information content (AvgIpc) is 3.43. The van der Waals surface area contributed by atoms with E-state index >= 15 is 4.39 Å². The maximum atomic E-state index is 16.4. The van der Waals surface area contributed by atoms with Crippen LogP contribution in [0.5, 0.6) is 11.5 Å². The normalized spacial score (nSPS) is 18.4. The largest absolute Gasteiger partial charge is 0.492 e. The van der Waals surface area contributed by atoms with Crippen LogP contribution in [-0.4, -0.2) is 68.3 Å². The molecule has 2 bridgehead atoms. The Kier molecular flexibility index (Phi) is 7.88. The molecule has 1 atom stereocenters. The molecule has 0 radical (unpaired) electrons. The van der Waals surface area contributed by atoms with Crippen LogP contribution in [0, 0.1) is 17.0 Å². The van der Waals surface area contributed by atoms with Crippen molar-refractivity contribution in [3.63, 3.8) is 0 Å². The molecule has 13 heteroatoms. The molecule has 7 heterocycles. The molecule has 6 aromatic rings. The van der Waals surface area contributed by atoms with E-state index in [1.54, 1.807) is 4.90 Å². The summed E-state index contributed by atoms with van der Waals surface area (Å²) >= 11 is 1.43. The standard InChI is InChI=1S/C39H36F2N6O4S/c1-4-33(48)46-9-10-47-29(22(46)2)18-28(44-47)37-35-34-27(41)16-24(40)17-32(34)50-13-12-49-11-8-39(6-7-39)21-51-31-19-30-23(20-42-45(30)3)15-26(31)36(43-37)25-5-14-52-38(25)35/h4-5,14-20,22H,1,6-13,21H2,2-3H3/t22-/m0/s1. The Balaban J connectivity index is 1.33. The lowest BCUT2D eigenvalue weighted by Crippen LogP contribution is -2.40. The van der Waals surface area contributed by atoms with Gasteiger partial charge < -0.3 is 19.1 Å². The van der Waals surface area contributed by atoms with Gasteiger partial charge in [0.15, 0.2) is 0 Å². The van der Waals surface area contributed by atoms with Crippen molar-refractivity contribution in [1.82, 2.24) is 29.4 Å². The number of rotatable bonds is 2. The topological polar surface area (TPSA) is 96.5 Å². The number of hydrogen-bond donors (Lipinski definition) is 0. The van der Waals surface area contributed by atoms with Crippen LogP contribution >= 0.6 is 11.3 Å². The highest BCUT2D eigenvalue weighted by molar-refractivity contribution is 7.18. The third-order valence-corrected chi connectivity index (χ3v) is 11.6. The lowest BCUT2D eigenvalue weighted by molar-refractivity contribution is -0.129. The second-order valence-electron chi connectivity index (χ2n) is 13.9. The van der Waals surface area contributed by atoms with E-state index in [2.05, 4.69) is 11.7 Å². The summed E-state index contributed by atoms with van der Waals surface area (Å²) in [4.78, 5) is 19.8. The molecule has 2 aromatic carbocycles. The minimum Gasteiger partial charge on any atom is -0.492 e. The van der Waals surface area contributed by atoms with E-state index < -0.39 is 11.6 Å². The molecule has 1 saturated carbocycles. The van der Waals surface area contributed by atoms with Gasteiger partial charge in [-0.1, -0.05) is 6.58 Å².